The highest BCUT2D eigenvalue weighted by molar-refractivity contribution is 5.95. The summed E-state index contributed by atoms with van der Waals surface area (Å²) in [5.41, 5.74) is 6.47. The molecule has 19 rings (SSSR count). The summed E-state index contributed by atoms with van der Waals surface area (Å²) < 4.78 is 1.76. The van der Waals surface area contributed by atoms with E-state index in [0.29, 0.717) is 6.54 Å². The van der Waals surface area contributed by atoms with Gasteiger partial charge in [0.1, 0.15) is 80.0 Å². The lowest BCUT2D eigenvalue weighted by Gasteiger charge is -2.42. The van der Waals surface area contributed by atoms with Crippen molar-refractivity contribution in [3.8, 4) is 0 Å². The highest BCUT2D eigenvalue weighted by atomic mass is 16.3. The first-order chi connectivity index (χ1) is 41.2. The van der Waals surface area contributed by atoms with Gasteiger partial charge in [-0.2, -0.15) is 0 Å². The number of nitrogens with one attached hydrogen (secondary N) is 1. The summed E-state index contributed by atoms with van der Waals surface area (Å²) in [5.74, 6) is 0. The quantitative estimate of drug-likeness (QED) is 0.284. The Morgan fingerprint density at radius 3 is 0.640 bits per heavy atom. The first-order valence-corrected chi connectivity index (χ1v) is 28.5. The van der Waals surface area contributed by atoms with Crippen molar-refractivity contribution >= 4 is 72.4 Å². The van der Waals surface area contributed by atoms with Crippen LogP contribution in [0.2, 0.25) is 0 Å². The maximum atomic E-state index is 15.1. The monoisotopic (exact) mass is 1190 g/mol. The first kappa shape index (κ1) is 48.7. The highest BCUT2D eigenvalue weighted by Crippen LogP contribution is 2.51. The zero-order valence-electron chi connectivity index (χ0n) is 46.2. The minimum atomic E-state index is -1.16. The maximum absolute atomic E-state index is 15.1. The van der Waals surface area contributed by atoms with Gasteiger partial charge in [-0.3, -0.25) is 122 Å². The van der Waals surface area contributed by atoms with Gasteiger partial charge in [-0.05, 0) is 20.8 Å². The van der Waals surface area contributed by atoms with Gasteiger partial charge in [0, 0.05) is 24.8 Å². The van der Waals surface area contributed by atoms with Gasteiger partial charge >= 0.3 is 72.4 Å². The van der Waals surface area contributed by atoms with E-state index in [-0.39, 0.29) is 5.54 Å². The maximum Gasteiger partial charge on any atom is 0.326 e. The summed E-state index contributed by atoms with van der Waals surface area (Å²) in [5, 5.41) is 11.3. The van der Waals surface area contributed by atoms with Gasteiger partial charge in [-0.15, -0.1) is 5.10 Å². The minimum Gasteiger partial charge on any atom is -0.329 e. The standard InChI is InChI=1S/C36H36N24O12.C9H19N5/c61-25-37-1-38-14-16-42(26(38)62)4-46-18-20-50(30(46)66)8-54-22-24-58(34(54)70)11-57-23-21-53(33(57)69)7-49-19-17-45(29(49)65)3-41(25)15-13(37)39-2-40(14)28(64)44(16)6-48(18)32(68)52(20)10-56(22)36(72)60(24)12-59(23)35(71)55(21)9-51(19)31(67)47(17)5-43(15)27(39)63;1-9(2,3)11-6-8-7-14(5-4-10)13-12-8/h13-24H,1-12H2;7,11H,4-6,10H2,1-3H3. The fourth-order valence-corrected chi connectivity index (χ4v) is 17.0. The number of amides is 24. The molecule has 0 aromatic carbocycles. The summed E-state index contributed by atoms with van der Waals surface area (Å²) in [4.78, 5) is 213. The van der Waals surface area contributed by atoms with Gasteiger partial charge in [-0.1, -0.05) is 5.21 Å². The van der Waals surface area contributed by atoms with Crippen LogP contribution in [0, 0.1) is 0 Å². The van der Waals surface area contributed by atoms with E-state index in [1.54, 1.807) is 4.68 Å². The molecule has 0 bridgehead atoms. The molecule has 86 heavy (non-hydrogen) atoms. The molecule has 18 aliphatic heterocycles. The second-order valence-corrected chi connectivity index (χ2v) is 25.7. The minimum absolute atomic E-state index is 0.109. The van der Waals surface area contributed by atoms with Crippen molar-refractivity contribution in [1.82, 2.24) is 138 Å². The number of hydrogen-bond acceptors (Lipinski definition) is 16. The fourth-order valence-electron chi connectivity index (χ4n) is 17.0. The molecule has 18 fully saturated rings. The third-order valence-corrected chi connectivity index (χ3v) is 20.6. The number of hydrogen-bond donors (Lipinski definition) is 2. The molecule has 41 heteroatoms. The van der Waals surface area contributed by atoms with Crippen molar-refractivity contribution in [2.45, 2.75) is 113 Å². The Labute approximate surface area is 484 Å². The second kappa shape index (κ2) is 15.2. The smallest absolute Gasteiger partial charge is 0.326 e. The van der Waals surface area contributed by atoms with Crippen LogP contribution in [-0.2, 0) is 13.1 Å². The number of nitrogens with zero attached hydrogens (tertiary/aromatic N) is 27. The Morgan fingerprint density at radius 1 is 0.337 bits per heavy atom. The van der Waals surface area contributed by atoms with E-state index in [2.05, 4.69) is 36.4 Å². The van der Waals surface area contributed by atoms with Crippen LogP contribution in [0.15, 0.2) is 6.20 Å². The number of carbonyl (C=O) groups is 12. The Hall–Kier alpha value is -9.70. The molecule has 0 unspecified atom stereocenters. The van der Waals surface area contributed by atoms with Gasteiger partial charge in [-0.25, -0.2) is 57.5 Å². The number of rotatable bonds is 4. The van der Waals surface area contributed by atoms with Crippen molar-refractivity contribution in [1.29, 1.82) is 0 Å². The lowest BCUT2D eigenvalue weighted by Crippen LogP contribution is -2.63. The summed E-state index contributed by atoms with van der Waals surface area (Å²) in [6, 6.07) is -7.90. The number of carbonyl (C=O) groups excluding carboxylic acids is 12. The van der Waals surface area contributed by atoms with Crippen molar-refractivity contribution in [3.63, 3.8) is 0 Å². The fraction of sp³-hybridized carbons (Fsp3) is 0.689. The van der Waals surface area contributed by atoms with Crippen LogP contribution in [0.3, 0.4) is 0 Å². The summed E-state index contributed by atoms with van der Waals surface area (Å²) in [7, 11) is 0. The van der Waals surface area contributed by atoms with E-state index in [4.69, 9.17) is 5.73 Å². The third kappa shape index (κ3) is 5.38. The molecule has 0 spiro atoms. The van der Waals surface area contributed by atoms with Crippen molar-refractivity contribution in [3.05, 3.63) is 11.9 Å². The van der Waals surface area contributed by atoms with Gasteiger partial charge in [0.15, 0.2) is 74.0 Å². The largest absolute Gasteiger partial charge is 0.329 e. The molecule has 18 saturated heterocycles. The molecule has 18 aliphatic rings. The zero-order valence-corrected chi connectivity index (χ0v) is 46.2. The molecular weight excluding hydrogens is 1140 g/mol. The summed E-state index contributed by atoms with van der Waals surface area (Å²) in [6.07, 6.45) is -12.0. The van der Waals surface area contributed by atoms with Crippen molar-refractivity contribution in [2.75, 3.05) is 86.6 Å². The summed E-state index contributed by atoms with van der Waals surface area (Å²) >= 11 is 0. The van der Waals surface area contributed by atoms with Crippen LogP contribution in [0.1, 0.15) is 26.5 Å². The molecular formula is C45H55N29O12. The SMILES string of the molecule is CC(C)(C)NCc1cn(CCN)nn1.O=C1N2CN3C(=O)N4CN5C(=O)N6CN7C(=O)N8CN9C(=O)N%10CN%11C(=O)N%12CN1C1C2N2CN%13C(=O)N(CN%14C(=O)N(CN%15C(=O)N(CN%16C(=O)N(CN%17C(=O)N(CN1C2=O)C%12C%11%17)C%10C9%16)C8C7%15)C6C5%14)C4C3%13. The van der Waals surface area contributed by atoms with Crippen LogP contribution in [0.4, 0.5) is 57.5 Å². The Morgan fingerprint density at radius 2 is 0.500 bits per heavy atom. The molecule has 452 valence electrons. The van der Waals surface area contributed by atoms with E-state index in [0.717, 1.165) is 18.8 Å². The van der Waals surface area contributed by atoms with Gasteiger partial charge in [0.2, 0.25) is 0 Å². The first-order valence-electron chi connectivity index (χ1n) is 28.5. The lowest BCUT2D eigenvalue weighted by atomic mass is 10.1. The van der Waals surface area contributed by atoms with Crippen LogP contribution in [0.25, 0.3) is 0 Å². The molecule has 41 nitrogen and oxygen atoms in total. The van der Waals surface area contributed by atoms with E-state index in [1.165, 1.54) is 118 Å². The molecule has 0 atom stereocenters. The van der Waals surface area contributed by atoms with Gasteiger partial charge in [0.25, 0.3) is 0 Å². The van der Waals surface area contributed by atoms with Crippen LogP contribution >= 0.6 is 0 Å². The Bertz CT molecular complexity index is 2660. The molecule has 24 amide bonds. The van der Waals surface area contributed by atoms with Gasteiger partial charge in [0.05, 0.1) is 12.2 Å². The predicted octanol–water partition coefficient (Wildman–Crippen LogP) is -5.54. The van der Waals surface area contributed by atoms with Gasteiger partial charge < -0.3 is 11.1 Å². The Kier molecular flexibility index (Phi) is 8.61. The van der Waals surface area contributed by atoms with E-state index >= 15 is 57.5 Å². The van der Waals surface area contributed by atoms with E-state index in [9.17, 15) is 0 Å². The van der Waals surface area contributed by atoms with Crippen molar-refractivity contribution < 1.29 is 57.5 Å². The van der Waals surface area contributed by atoms with E-state index < -0.39 is 226 Å². The number of aromatic nitrogens is 3. The number of urea groups is 12. The molecule has 19 heterocycles. The molecule has 1 aromatic heterocycles. The Balaban J connectivity index is 0.000000344. The second-order valence-electron chi connectivity index (χ2n) is 25.7. The lowest BCUT2D eigenvalue weighted by molar-refractivity contribution is -0.0210. The molecule has 3 N–H and O–H groups in total. The third-order valence-electron chi connectivity index (χ3n) is 20.6. The van der Waals surface area contributed by atoms with E-state index in [1.807, 2.05) is 6.20 Å². The van der Waals surface area contributed by atoms with Crippen LogP contribution in [0.5, 0.6) is 0 Å². The molecule has 0 radical (unpaired) electrons. The zero-order chi connectivity index (χ0) is 58.8. The summed E-state index contributed by atoms with van der Waals surface area (Å²) in [6.45, 7) is 2.94. The van der Waals surface area contributed by atoms with Crippen LogP contribution < -0.4 is 11.1 Å². The van der Waals surface area contributed by atoms with Crippen molar-refractivity contribution in [2.24, 2.45) is 5.73 Å². The average molecular weight is 1190 g/mol. The molecule has 0 aliphatic carbocycles. The topological polar surface area (TPSA) is 351 Å². The average Bonchev–Trinajstić information content (AvgIpc) is 1.64. The predicted molar refractivity (Wildman–Crippen MR) is 268 cm³/mol. The molecule has 0 saturated carbocycles. The van der Waals surface area contributed by atoms with Crippen LogP contribution in [-0.4, -0.2) is 371 Å². The molecule has 1 aromatic rings. The number of nitrogens with two attached hydrogens (primary N) is 1. The highest BCUT2D eigenvalue weighted by Gasteiger charge is 2.76. The normalized spacial score (nSPS) is 35.7.